The van der Waals surface area contributed by atoms with Crippen molar-refractivity contribution in [3.63, 3.8) is 0 Å². The number of hydrogen-bond acceptors (Lipinski definition) is 5. The first kappa shape index (κ1) is 15.5. The van der Waals surface area contributed by atoms with Gasteiger partial charge >= 0.3 is 0 Å². The second-order valence-electron chi connectivity index (χ2n) is 6.13. The van der Waals surface area contributed by atoms with E-state index >= 15 is 0 Å². The Labute approximate surface area is 137 Å². The first-order valence-electron chi connectivity index (χ1n) is 7.86. The summed E-state index contributed by atoms with van der Waals surface area (Å²) in [7, 11) is 2.06. The summed E-state index contributed by atoms with van der Waals surface area (Å²) < 4.78 is 11.4. The van der Waals surface area contributed by atoms with Gasteiger partial charge in [0.25, 0.3) is 0 Å². The van der Waals surface area contributed by atoms with Crippen LogP contribution in [0.3, 0.4) is 0 Å². The van der Waals surface area contributed by atoms with Crippen LogP contribution < -0.4 is 15.0 Å². The fraction of sp³-hybridized carbons (Fsp3) is 0.389. The molecule has 0 saturated heterocycles. The van der Waals surface area contributed by atoms with Crippen molar-refractivity contribution in [2.75, 3.05) is 11.9 Å². The number of rotatable bonds is 4. The van der Waals surface area contributed by atoms with E-state index in [1.165, 1.54) is 0 Å². The first-order valence-corrected chi connectivity index (χ1v) is 7.86. The van der Waals surface area contributed by atoms with Gasteiger partial charge in [-0.1, -0.05) is 0 Å². The summed E-state index contributed by atoms with van der Waals surface area (Å²) in [6, 6.07) is 10.2. The topological polar surface area (TPSA) is 50.0 Å². The van der Waals surface area contributed by atoms with E-state index in [1.54, 1.807) is 0 Å². The summed E-state index contributed by atoms with van der Waals surface area (Å²) in [5, 5.41) is 3.42. The van der Waals surface area contributed by atoms with Crippen molar-refractivity contribution in [3.05, 3.63) is 41.7 Å². The molecule has 1 unspecified atom stereocenters. The van der Waals surface area contributed by atoms with Gasteiger partial charge in [0, 0.05) is 12.7 Å². The predicted molar refractivity (Wildman–Crippen MR) is 92.7 cm³/mol. The smallest absolute Gasteiger partial charge is 0.227 e. The van der Waals surface area contributed by atoms with Crippen LogP contribution in [-0.2, 0) is 0 Å². The third-order valence-corrected chi connectivity index (χ3v) is 3.78. The monoisotopic (exact) mass is 313 g/mol. The Bertz CT molecular complexity index is 716. The molecular formula is C18H23N3O2. The van der Waals surface area contributed by atoms with Crippen molar-refractivity contribution in [1.29, 1.82) is 0 Å². The summed E-state index contributed by atoms with van der Waals surface area (Å²) in [4.78, 5) is 6.60. The van der Waals surface area contributed by atoms with E-state index < -0.39 is 0 Å². The molecule has 3 rings (SSSR count). The molecule has 1 N–H and O–H groups in total. The zero-order valence-corrected chi connectivity index (χ0v) is 14.3. The maximum Gasteiger partial charge on any atom is 0.227 e. The van der Waals surface area contributed by atoms with E-state index in [2.05, 4.69) is 34.4 Å². The van der Waals surface area contributed by atoms with Gasteiger partial charge < -0.3 is 19.4 Å². The van der Waals surface area contributed by atoms with Gasteiger partial charge in [0.1, 0.15) is 23.5 Å². The van der Waals surface area contributed by atoms with Crippen LogP contribution in [0.2, 0.25) is 0 Å². The molecular weight excluding hydrogens is 290 g/mol. The Morgan fingerprint density at radius 2 is 1.91 bits per heavy atom. The highest BCUT2D eigenvalue weighted by molar-refractivity contribution is 5.85. The number of aliphatic imine (C=N–C) groups is 1. The average molecular weight is 313 g/mol. The molecule has 122 valence electrons. The van der Waals surface area contributed by atoms with Gasteiger partial charge in [-0.15, -0.1) is 0 Å². The standard InChI is InChI=1S/C18H23N3O2/c1-11(2)22-15-8-6-14(7-9-15)21(5)17-16-10-12(3)23-18(16)20-13(4)19-17/h6-11,17H,1-5H3,(H,19,20). The molecule has 1 aliphatic rings. The van der Waals surface area contributed by atoms with Crippen LogP contribution >= 0.6 is 0 Å². The average Bonchev–Trinajstić information content (AvgIpc) is 2.86. The second-order valence-corrected chi connectivity index (χ2v) is 6.13. The highest BCUT2D eigenvalue weighted by Gasteiger charge is 2.27. The molecule has 1 aromatic heterocycles. The number of hydrogen-bond donors (Lipinski definition) is 1. The number of anilines is 1. The Morgan fingerprint density at radius 3 is 2.57 bits per heavy atom. The minimum absolute atomic E-state index is 0.00295. The molecule has 5 nitrogen and oxygen atoms in total. The molecule has 2 aromatic rings. The van der Waals surface area contributed by atoms with Crippen LogP contribution in [-0.4, -0.2) is 19.0 Å². The van der Waals surface area contributed by atoms with E-state index in [0.717, 1.165) is 28.6 Å². The van der Waals surface area contributed by atoms with Gasteiger partial charge in [0.05, 0.1) is 11.7 Å². The Balaban J connectivity index is 1.85. The predicted octanol–water partition coefficient (Wildman–Crippen LogP) is 4.16. The Morgan fingerprint density at radius 1 is 1.22 bits per heavy atom. The van der Waals surface area contributed by atoms with Crippen LogP contribution in [0.5, 0.6) is 5.75 Å². The highest BCUT2D eigenvalue weighted by atomic mass is 16.5. The lowest BCUT2D eigenvalue weighted by molar-refractivity contribution is 0.242. The number of ether oxygens (including phenoxy) is 1. The molecule has 1 aliphatic heterocycles. The number of fused-ring (bicyclic) bond motifs is 1. The maximum atomic E-state index is 5.70. The lowest BCUT2D eigenvalue weighted by Gasteiger charge is -2.33. The normalized spacial score (nSPS) is 16.6. The molecule has 2 heterocycles. The van der Waals surface area contributed by atoms with Gasteiger partial charge in [-0.05, 0) is 58.0 Å². The lowest BCUT2D eigenvalue weighted by atomic mass is 10.1. The van der Waals surface area contributed by atoms with Crippen molar-refractivity contribution in [1.82, 2.24) is 5.32 Å². The molecule has 1 aromatic carbocycles. The van der Waals surface area contributed by atoms with Crippen LogP contribution in [0.4, 0.5) is 11.6 Å². The quantitative estimate of drug-likeness (QED) is 0.920. The van der Waals surface area contributed by atoms with Gasteiger partial charge in [-0.2, -0.15) is 0 Å². The zero-order chi connectivity index (χ0) is 16.6. The van der Waals surface area contributed by atoms with Gasteiger partial charge in [0.2, 0.25) is 5.88 Å². The van der Waals surface area contributed by atoms with E-state index in [1.807, 2.05) is 45.9 Å². The number of furan rings is 1. The minimum atomic E-state index is -0.00295. The second kappa shape index (κ2) is 5.99. The molecule has 23 heavy (non-hydrogen) atoms. The molecule has 0 fully saturated rings. The van der Waals surface area contributed by atoms with Gasteiger partial charge in [-0.3, -0.25) is 0 Å². The first-order chi connectivity index (χ1) is 10.9. The number of nitrogens with zero attached hydrogens (tertiary/aromatic N) is 2. The number of amidine groups is 1. The summed E-state index contributed by atoms with van der Waals surface area (Å²) in [6.07, 6.45) is 0.172. The minimum Gasteiger partial charge on any atom is -0.491 e. The summed E-state index contributed by atoms with van der Waals surface area (Å²) >= 11 is 0. The van der Waals surface area contributed by atoms with Crippen molar-refractivity contribution in [3.8, 4) is 5.75 Å². The Hall–Kier alpha value is -2.43. The molecule has 5 heteroatoms. The van der Waals surface area contributed by atoms with Crippen LogP contribution in [0, 0.1) is 6.92 Å². The molecule has 0 saturated carbocycles. The van der Waals surface area contributed by atoms with Gasteiger partial charge in [-0.25, -0.2) is 4.99 Å². The highest BCUT2D eigenvalue weighted by Crippen LogP contribution is 2.36. The summed E-state index contributed by atoms with van der Waals surface area (Å²) in [6.45, 7) is 7.94. The van der Waals surface area contributed by atoms with E-state index in [-0.39, 0.29) is 12.3 Å². The van der Waals surface area contributed by atoms with E-state index in [9.17, 15) is 0 Å². The molecule has 0 aliphatic carbocycles. The third-order valence-electron chi connectivity index (χ3n) is 3.78. The van der Waals surface area contributed by atoms with Crippen molar-refractivity contribution in [2.45, 2.75) is 40.0 Å². The maximum absolute atomic E-state index is 5.70. The van der Waals surface area contributed by atoms with Crippen LogP contribution in [0.15, 0.2) is 39.7 Å². The number of benzene rings is 1. The third kappa shape index (κ3) is 3.18. The fourth-order valence-corrected chi connectivity index (χ4v) is 2.75. The zero-order valence-electron chi connectivity index (χ0n) is 14.3. The van der Waals surface area contributed by atoms with Crippen molar-refractivity contribution >= 4 is 17.4 Å². The lowest BCUT2D eigenvalue weighted by Crippen LogP contribution is -2.40. The molecule has 0 spiro atoms. The molecule has 0 bridgehead atoms. The van der Waals surface area contributed by atoms with Gasteiger partial charge in [0.15, 0.2) is 0 Å². The SMILES string of the molecule is CC1=Nc2oc(C)cc2C(N(C)c2ccc(OC(C)C)cc2)N1. The largest absolute Gasteiger partial charge is 0.491 e. The number of nitrogens with one attached hydrogen (secondary N) is 1. The van der Waals surface area contributed by atoms with Crippen LogP contribution in [0.1, 0.15) is 38.3 Å². The molecule has 0 radical (unpaired) electrons. The van der Waals surface area contributed by atoms with Crippen molar-refractivity contribution in [2.24, 2.45) is 4.99 Å². The van der Waals surface area contributed by atoms with E-state index in [4.69, 9.17) is 9.15 Å². The Kier molecular flexibility index (Phi) is 4.03. The summed E-state index contributed by atoms with van der Waals surface area (Å²) in [5.41, 5.74) is 2.15. The summed E-state index contributed by atoms with van der Waals surface area (Å²) in [5.74, 6) is 3.29. The van der Waals surface area contributed by atoms with Crippen molar-refractivity contribution < 1.29 is 9.15 Å². The van der Waals surface area contributed by atoms with E-state index in [0.29, 0.717) is 5.88 Å². The fourth-order valence-electron chi connectivity index (χ4n) is 2.75. The van der Waals surface area contributed by atoms with Crippen LogP contribution in [0.25, 0.3) is 0 Å². The number of aryl methyl sites for hydroxylation is 1. The molecule has 1 atom stereocenters. The molecule has 0 amide bonds.